The van der Waals surface area contributed by atoms with Crippen LogP contribution >= 0.6 is 0 Å². The molecular weight excluding hydrogens is 302 g/mol. The molecule has 0 saturated heterocycles. The van der Waals surface area contributed by atoms with Gasteiger partial charge in [-0.1, -0.05) is 45.4 Å². The molecule has 1 amide bonds. The van der Waals surface area contributed by atoms with E-state index in [-0.39, 0.29) is 25.0 Å². The molecule has 4 unspecified atom stereocenters. The summed E-state index contributed by atoms with van der Waals surface area (Å²) in [4.78, 5) is 12.6. The van der Waals surface area contributed by atoms with Crippen molar-refractivity contribution in [3.05, 3.63) is 30.3 Å². The molecular formula is C20H31NO3. The summed E-state index contributed by atoms with van der Waals surface area (Å²) in [5.41, 5.74) is 0. The van der Waals surface area contributed by atoms with Crippen LogP contribution in [0.15, 0.2) is 30.3 Å². The smallest absolute Gasteiger partial charge is 0.223 e. The summed E-state index contributed by atoms with van der Waals surface area (Å²) in [5, 5.41) is 13.0. The third-order valence-electron chi connectivity index (χ3n) is 5.06. The van der Waals surface area contributed by atoms with Crippen LogP contribution in [0, 0.1) is 23.7 Å². The number of carbonyl (C=O) groups excluding carboxylic acids is 1. The number of hydrogen-bond acceptors (Lipinski definition) is 3. The molecule has 0 heterocycles. The minimum atomic E-state index is -0.701. The van der Waals surface area contributed by atoms with Gasteiger partial charge in [0, 0.05) is 12.5 Å². The van der Waals surface area contributed by atoms with Crippen LogP contribution in [0.4, 0.5) is 0 Å². The third-order valence-corrected chi connectivity index (χ3v) is 5.06. The number of aliphatic hydroxyl groups is 1. The van der Waals surface area contributed by atoms with Gasteiger partial charge >= 0.3 is 0 Å². The molecule has 134 valence electrons. The second-order valence-corrected chi connectivity index (χ2v) is 7.46. The highest BCUT2D eigenvalue weighted by atomic mass is 16.5. The molecule has 4 heteroatoms. The summed E-state index contributed by atoms with van der Waals surface area (Å²) in [6.45, 7) is 7.03. The van der Waals surface area contributed by atoms with Crippen LogP contribution in [-0.2, 0) is 4.79 Å². The van der Waals surface area contributed by atoms with Gasteiger partial charge in [-0.05, 0) is 42.7 Å². The van der Waals surface area contributed by atoms with Crippen LogP contribution in [0.1, 0.15) is 40.0 Å². The number of para-hydroxylation sites is 1. The first kappa shape index (κ1) is 18.8. The zero-order chi connectivity index (χ0) is 17.5. The maximum Gasteiger partial charge on any atom is 0.223 e. The molecule has 1 aromatic carbocycles. The van der Waals surface area contributed by atoms with Gasteiger partial charge in [0.05, 0.1) is 0 Å². The van der Waals surface area contributed by atoms with Crippen molar-refractivity contribution in [3.63, 3.8) is 0 Å². The first-order valence-electron chi connectivity index (χ1n) is 9.11. The second kappa shape index (κ2) is 9.07. The van der Waals surface area contributed by atoms with E-state index in [0.717, 1.165) is 18.6 Å². The van der Waals surface area contributed by atoms with E-state index in [1.54, 1.807) is 0 Å². The monoisotopic (exact) mass is 333 g/mol. The van der Waals surface area contributed by atoms with Gasteiger partial charge in [0.15, 0.2) is 0 Å². The Kier molecular flexibility index (Phi) is 7.10. The molecule has 0 spiro atoms. The minimum absolute atomic E-state index is 0.0657. The van der Waals surface area contributed by atoms with Gasteiger partial charge in [-0.3, -0.25) is 4.79 Å². The molecule has 1 aliphatic rings. The summed E-state index contributed by atoms with van der Waals surface area (Å²) >= 11 is 0. The van der Waals surface area contributed by atoms with Crippen molar-refractivity contribution in [2.45, 2.75) is 46.1 Å². The van der Waals surface area contributed by atoms with Crippen molar-refractivity contribution in [2.75, 3.05) is 13.2 Å². The van der Waals surface area contributed by atoms with Crippen LogP contribution in [0.5, 0.6) is 5.75 Å². The number of carbonyl (C=O) groups is 1. The number of rotatable bonds is 7. The Bertz CT molecular complexity index is 503. The van der Waals surface area contributed by atoms with E-state index in [9.17, 15) is 9.90 Å². The van der Waals surface area contributed by atoms with Gasteiger partial charge in [0.1, 0.15) is 18.5 Å². The molecule has 1 aliphatic carbocycles. The van der Waals surface area contributed by atoms with E-state index in [1.807, 2.05) is 30.3 Å². The Morgan fingerprint density at radius 3 is 2.67 bits per heavy atom. The Hall–Kier alpha value is -1.55. The van der Waals surface area contributed by atoms with Crippen molar-refractivity contribution in [1.82, 2.24) is 5.32 Å². The van der Waals surface area contributed by atoms with Gasteiger partial charge in [-0.25, -0.2) is 0 Å². The average molecular weight is 333 g/mol. The molecule has 4 atom stereocenters. The van der Waals surface area contributed by atoms with Crippen molar-refractivity contribution in [3.8, 4) is 5.75 Å². The average Bonchev–Trinajstić information content (AvgIpc) is 2.58. The Labute approximate surface area is 145 Å². The van der Waals surface area contributed by atoms with Gasteiger partial charge in [0.2, 0.25) is 5.91 Å². The first-order chi connectivity index (χ1) is 11.5. The highest BCUT2D eigenvalue weighted by molar-refractivity contribution is 5.79. The second-order valence-electron chi connectivity index (χ2n) is 7.46. The summed E-state index contributed by atoms with van der Waals surface area (Å²) in [6, 6.07) is 9.39. The Morgan fingerprint density at radius 1 is 1.29 bits per heavy atom. The summed E-state index contributed by atoms with van der Waals surface area (Å²) in [7, 11) is 0. The lowest BCUT2D eigenvalue weighted by Crippen LogP contribution is -2.43. The van der Waals surface area contributed by atoms with Crippen LogP contribution in [0.25, 0.3) is 0 Å². The topological polar surface area (TPSA) is 58.6 Å². The normalized spacial score (nSPS) is 25.3. The van der Waals surface area contributed by atoms with Gasteiger partial charge in [0.25, 0.3) is 0 Å². The fourth-order valence-corrected chi connectivity index (χ4v) is 3.62. The van der Waals surface area contributed by atoms with Gasteiger partial charge < -0.3 is 15.2 Å². The van der Waals surface area contributed by atoms with Crippen LogP contribution in [-0.4, -0.2) is 30.3 Å². The molecule has 1 fully saturated rings. The molecule has 2 rings (SSSR count). The van der Waals surface area contributed by atoms with E-state index >= 15 is 0 Å². The van der Waals surface area contributed by atoms with E-state index in [4.69, 9.17) is 4.74 Å². The predicted octanol–water partition coefficient (Wildman–Crippen LogP) is 3.25. The number of hydrogen-bond donors (Lipinski definition) is 2. The van der Waals surface area contributed by atoms with Gasteiger partial charge in [-0.2, -0.15) is 0 Å². The third kappa shape index (κ3) is 5.52. The molecule has 0 bridgehead atoms. The number of amides is 1. The van der Waals surface area contributed by atoms with Crippen LogP contribution in [0.2, 0.25) is 0 Å². The SMILES string of the molecule is CC1CCC(C(C)C)C(C(=O)NCC(O)COc2ccccc2)C1. The Balaban J connectivity index is 1.78. The maximum atomic E-state index is 12.6. The maximum absolute atomic E-state index is 12.6. The number of benzene rings is 1. The highest BCUT2D eigenvalue weighted by Crippen LogP contribution is 2.38. The molecule has 0 aliphatic heterocycles. The highest BCUT2D eigenvalue weighted by Gasteiger charge is 2.35. The fraction of sp³-hybridized carbons (Fsp3) is 0.650. The molecule has 0 radical (unpaired) electrons. The van der Waals surface area contributed by atoms with E-state index in [2.05, 4.69) is 26.1 Å². The van der Waals surface area contributed by atoms with Crippen molar-refractivity contribution in [2.24, 2.45) is 23.7 Å². The first-order valence-corrected chi connectivity index (χ1v) is 9.11. The molecule has 4 nitrogen and oxygen atoms in total. The Morgan fingerprint density at radius 2 is 2.00 bits per heavy atom. The predicted molar refractivity (Wildman–Crippen MR) is 95.8 cm³/mol. The van der Waals surface area contributed by atoms with Crippen molar-refractivity contribution in [1.29, 1.82) is 0 Å². The lowest BCUT2D eigenvalue weighted by molar-refractivity contribution is -0.129. The quantitative estimate of drug-likeness (QED) is 0.805. The summed E-state index contributed by atoms with van der Waals surface area (Å²) in [6.07, 6.45) is 2.58. The lowest BCUT2D eigenvalue weighted by atomic mass is 9.70. The lowest BCUT2D eigenvalue weighted by Gasteiger charge is -2.36. The molecule has 1 aromatic rings. The largest absolute Gasteiger partial charge is 0.491 e. The summed E-state index contributed by atoms with van der Waals surface area (Å²) < 4.78 is 5.52. The summed E-state index contributed by atoms with van der Waals surface area (Å²) in [5.74, 6) is 2.43. The van der Waals surface area contributed by atoms with E-state index in [1.165, 1.54) is 6.42 Å². The zero-order valence-electron chi connectivity index (χ0n) is 15.1. The molecule has 1 saturated carbocycles. The number of aliphatic hydroxyl groups excluding tert-OH is 1. The molecule has 2 N–H and O–H groups in total. The van der Waals surface area contributed by atoms with E-state index in [0.29, 0.717) is 17.8 Å². The van der Waals surface area contributed by atoms with Crippen LogP contribution in [0.3, 0.4) is 0 Å². The van der Waals surface area contributed by atoms with Crippen molar-refractivity contribution >= 4 is 5.91 Å². The standard InChI is InChI=1S/C20H31NO3/c1-14(2)18-10-9-15(3)11-19(18)20(23)21-12-16(22)13-24-17-7-5-4-6-8-17/h4-8,14-16,18-19,22H,9-13H2,1-3H3,(H,21,23). The minimum Gasteiger partial charge on any atom is -0.491 e. The van der Waals surface area contributed by atoms with Crippen LogP contribution < -0.4 is 10.1 Å². The van der Waals surface area contributed by atoms with Crippen molar-refractivity contribution < 1.29 is 14.6 Å². The number of ether oxygens (including phenoxy) is 1. The molecule has 24 heavy (non-hydrogen) atoms. The molecule has 0 aromatic heterocycles. The zero-order valence-corrected chi connectivity index (χ0v) is 15.1. The van der Waals surface area contributed by atoms with Gasteiger partial charge in [-0.15, -0.1) is 0 Å². The van der Waals surface area contributed by atoms with E-state index < -0.39 is 6.10 Å². The number of nitrogens with one attached hydrogen (secondary N) is 1. The fourth-order valence-electron chi connectivity index (χ4n) is 3.62.